The molecule has 0 fully saturated rings. The van der Waals surface area contributed by atoms with Crippen molar-refractivity contribution in [2.75, 3.05) is 52.4 Å². The summed E-state index contributed by atoms with van der Waals surface area (Å²) in [5, 5.41) is 59.2. The van der Waals surface area contributed by atoms with Crippen LogP contribution in [0.3, 0.4) is 0 Å². The van der Waals surface area contributed by atoms with Crippen molar-refractivity contribution in [2.24, 2.45) is 5.73 Å². The first-order valence-electron chi connectivity index (χ1n) is 19.7. The van der Waals surface area contributed by atoms with Gasteiger partial charge in [0.15, 0.2) is 5.96 Å². The molecule has 0 aromatic carbocycles. The van der Waals surface area contributed by atoms with E-state index >= 15 is 0 Å². The van der Waals surface area contributed by atoms with E-state index in [9.17, 15) is 43.2 Å². The quantitative estimate of drug-likeness (QED) is 0.0178. The molecule has 0 saturated heterocycles. The van der Waals surface area contributed by atoms with Crippen LogP contribution in [0.5, 0.6) is 0 Å². The number of aliphatic hydroxyl groups excluding tert-OH is 1. The van der Waals surface area contributed by atoms with Gasteiger partial charge in [-0.3, -0.25) is 34.2 Å². The van der Waals surface area contributed by atoms with E-state index in [4.69, 9.17) is 26.5 Å². The van der Waals surface area contributed by atoms with Crippen molar-refractivity contribution in [2.45, 2.75) is 109 Å². The van der Waals surface area contributed by atoms with Gasteiger partial charge in [-0.1, -0.05) is 32.6 Å². The van der Waals surface area contributed by atoms with Crippen molar-refractivity contribution in [3.63, 3.8) is 0 Å². The van der Waals surface area contributed by atoms with Crippen molar-refractivity contribution in [1.29, 1.82) is 5.41 Å². The highest BCUT2D eigenvalue weighted by Gasteiger charge is 2.28. The normalized spacial score (nSPS) is 12.0. The van der Waals surface area contributed by atoms with Crippen LogP contribution >= 0.6 is 0 Å². The summed E-state index contributed by atoms with van der Waals surface area (Å²) in [6.07, 6.45) is 6.79. The lowest BCUT2D eigenvalue weighted by molar-refractivity contribution is -0.144. The molecule has 3 atom stereocenters. The fraction of sp³-hybridized carbons (Fsp3) is 0.714. The van der Waals surface area contributed by atoms with Gasteiger partial charge in [-0.05, 0) is 44.9 Å². The molecule has 0 aromatic rings. The molecule has 24 heteroatoms. The molecule has 0 aliphatic rings. The van der Waals surface area contributed by atoms with Crippen molar-refractivity contribution in [3.8, 4) is 0 Å². The van der Waals surface area contributed by atoms with Gasteiger partial charge in [0.1, 0.15) is 18.1 Å². The van der Waals surface area contributed by atoms with Gasteiger partial charge in [-0.25, -0.2) is 14.4 Å². The standard InChI is InChI=1S/C35H64N12O12/c1-2-3-4-7-14-39-34(58)41-16-9-10-17-42-35(59)40-15-8-5-6-13-26(49)43-20-27(50)45-23(12-11-18-38-33(36)37)30(54)44-21-28(51)46-24(19-29(52)53)31(55)47-25(22-48)32(56)57/h23-25,48H,2-22H2,1H3,(H,43,49)(H,44,54)(H,45,50)(H,46,51)(H,47,55)(H,52,53)(H,56,57)(H4,36,37,38)(H2,39,41,58)(H2,40,42,59)/t23-,24-,25?/m0/s1. The third-order valence-corrected chi connectivity index (χ3v) is 8.19. The number of guanidine groups is 1. The van der Waals surface area contributed by atoms with Crippen LogP contribution in [0.15, 0.2) is 0 Å². The predicted molar refractivity (Wildman–Crippen MR) is 213 cm³/mol. The number of nitrogens with one attached hydrogen (secondary N) is 11. The second kappa shape index (κ2) is 33.1. The first-order chi connectivity index (χ1) is 28.1. The first kappa shape index (κ1) is 53.1. The summed E-state index contributed by atoms with van der Waals surface area (Å²) in [5.74, 6) is -7.70. The van der Waals surface area contributed by atoms with Gasteiger partial charge in [0.2, 0.25) is 29.5 Å². The fourth-order valence-corrected chi connectivity index (χ4v) is 5.01. The summed E-state index contributed by atoms with van der Waals surface area (Å²) in [6, 6.07) is -5.27. The molecule has 0 heterocycles. The summed E-state index contributed by atoms with van der Waals surface area (Å²) in [7, 11) is 0. The predicted octanol–water partition coefficient (Wildman–Crippen LogP) is -2.99. The summed E-state index contributed by atoms with van der Waals surface area (Å²) in [6.45, 7) is 2.01. The number of hydrogen-bond acceptors (Lipinski definition) is 11. The number of rotatable bonds is 33. The number of carboxylic acids is 2. The number of amides is 9. The van der Waals surface area contributed by atoms with Crippen LogP contribution in [0, 0.1) is 5.41 Å². The molecule has 0 spiro atoms. The third kappa shape index (κ3) is 29.9. The highest BCUT2D eigenvalue weighted by atomic mass is 16.4. The smallest absolute Gasteiger partial charge is 0.328 e. The lowest BCUT2D eigenvalue weighted by Crippen LogP contribution is -2.55. The van der Waals surface area contributed by atoms with Crippen molar-refractivity contribution in [3.05, 3.63) is 0 Å². The molecule has 0 aliphatic heterocycles. The Morgan fingerprint density at radius 3 is 1.53 bits per heavy atom. The monoisotopic (exact) mass is 844 g/mol. The fourth-order valence-electron chi connectivity index (χ4n) is 5.01. The molecule has 9 amide bonds. The number of carbonyl (C=O) groups excluding carboxylic acids is 7. The van der Waals surface area contributed by atoms with Gasteiger partial charge in [0.25, 0.3) is 0 Å². The maximum Gasteiger partial charge on any atom is 0.328 e. The molecule has 0 aliphatic carbocycles. The van der Waals surface area contributed by atoms with Crippen LogP contribution in [0.2, 0.25) is 0 Å². The van der Waals surface area contributed by atoms with E-state index in [0.717, 1.165) is 25.7 Å². The van der Waals surface area contributed by atoms with E-state index in [-0.39, 0.29) is 43.8 Å². The highest BCUT2D eigenvalue weighted by Crippen LogP contribution is 2.01. The maximum absolute atomic E-state index is 12.9. The summed E-state index contributed by atoms with van der Waals surface area (Å²) in [4.78, 5) is 109. The Morgan fingerprint density at radius 1 is 0.542 bits per heavy atom. The number of aliphatic carboxylic acids is 2. The maximum atomic E-state index is 12.9. The largest absolute Gasteiger partial charge is 0.481 e. The molecular formula is C35H64N12O12. The van der Waals surface area contributed by atoms with E-state index in [1.807, 2.05) is 5.32 Å². The second-order valence-corrected chi connectivity index (χ2v) is 13.3. The van der Waals surface area contributed by atoms with E-state index in [0.29, 0.717) is 58.3 Å². The van der Waals surface area contributed by atoms with Crippen LogP contribution in [0.1, 0.15) is 90.4 Å². The summed E-state index contributed by atoms with van der Waals surface area (Å²) >= 11 is 0. The third-order valence-electron chi connectivity index (χ3n) is 8.19. The molecule has 24 nitrogen and oxygen atoms in total. The zero-order valence-corrected chi connectivity index (χ0v) is 33.7. The Morgan fingerprint density at radius 2 is 1.03 bits per heavy atom. The zero-order valence-electron chi connectivity index (χ0n) is 33.7. The molecule has 0 rings (SSSR count). The molecule has 1 unspecified atom stereocenters. The number of carbonyl (C=O) groups is 9. The molecule has 0 saturated carbocycles. The van der Waals surface area contributed by atoms with E-state index in [1.54, 1.807) is 0 Å². The van der Waals surface area contributed by atoms with Crippen molar-refractivity contribution < 1.29 is 58.5 Å². The van der Waals surface area contributed by atoms with Gasteiger partial charge < -0.3 is 74.2 Å². The van der Waals surface area contributed by atoms with Crippen LogP contribution in [0.25, 0.3) is 0 Å². The molecule has 336 valence electrons. The lowest BCUT2D eigenvalue weighted by atomic mass is 10.1. The topological polar surface area (TPSA) is 384 Å². The van der Waals surface area contributed by atoms with Crippen LogP contribution in [-0.2, 0) is 33.6 Å². The summed E-state index contributed by atoms with van der Waals surface area (Å²) in [5.41, 5.74) is 5.26. The first-order valence-corrected chi connectivity index (χ1v) is 19.7. The Balaban J connectivity index is 4.58. The van der Waals surface area contributed by atoms with Crippen LogP contribution in [0.4, 0.5) is 9.59 Å². The molecule has 0 aromatic heterocycles. The number of hydrogen-bond donors (Lipinski definition) is 15. The minimum Gasteiger partial charge on any atom is -0.481 e. The molecular weight excluding hydrogens is 780 g/mol. The van der Waals surface area contributed by atoms with E-state index in [1.165, 1.54) is 0 Å². The minimum atomic E-state index is -1.76. The Kier molecular flexibility index (Phi) is 29.7. The summed E-state index contributed by atoms with van der Waals surface area (Å²) < 4.78 is 0. The van der Waals surface area contributed by atoms with Crippen molar-refractivity contribution in [1.82, 2.24) is 53.2 Å². The molecule has 59 heavy (non-hydrogen) atoms. The van der Waals surface area contributed by atoms with Crippen molar-refractivity contribution >= 4 is 59.5 Å². The Labute approximate surface area is 343 Å². The Hall–Kier alpha value is -5.94. The number of nitrogens with two attached hydrogens (primary N) is 1. The molecule has 0 bridgehead atoms. The Bertz CT molecular complexity index is 1370. The average molecular weight is 845 g/mol. The second-order valence-electron chi connectivity index (χ2n) is 13.3. The van der Waals surface area contributed by atoms with Gasteiger partial charge in [0.05, 0.1) is 26.1 Å². The van der Waals surface area contributed by atoms with Gasteiger partial charge in [-0.15, -0.1) is 0 Å². The SMILES string of the molecule is CCCCCCNC(=O)NCCCCNC(=O)NCCCCCC(=O)NCC(=O)N[C@@H](CCCNC(=N)N)C(=O)NCC(=O)N[C@@H](CC(=O)O)C(=O)NC(CO)C(=O)O. The molecule has 16 N–H and O–H groups in total. The van der Waals surface area contributed by atoms with Crippen LogP contribution < -0.4 is 58.9 Å². The van der Waals surface area contributed by atoms with Gasteiger partial charge in [0, 0.05) is 39.1 Å². The molecule has 0 radical (unpaired) electrons. The average Bonchev–Trinajstić information content (AvgIpc) is 3.18. The minimum absolute atomic E-state index is 0.00181. The van der Waals surface area contributed by atoms with Gasteiger partial charge in [-0.2, -0.15) is 0 Å². The highest BCUT2D eigenvalue weighted by molar-refractivity contribution is 5.95. The zero-order chi connectivity index (χ0) is 44.4. The number of carboxylic acid groups (broad SMARTS) is 2. The lowest BCUT2D eigenvalue weighted by Gasteiger charge is -2.21. The number of urea groups is 2. The van der Waals surface area contributed by atoms with E-state index in [2.05, 4.69) is 54.8 Å². The van der Waals surface area contributed by atoms with E-state index < -0.39 is 85.7 Å². The number of aliphatic hydroxyl groups is 1. The van der Waals surface area contributed by atoms with Crippen LogP contribution in [-0.4, -0.2) is 145 Å². The number of unbranched alkanes of at least 4 members (excludes halogenated alkanes) is 6. The van der Waals surface area contributed by atoms with Gasteiger partial charge >= 0.3 is 24.0 Å².